The van der Waals surface area contributed by atoms with Crippen molar-refractivity contribution in [3.05, 3.63) is 59.0 Å². The number of carbonyl (C=O) groups excluding carboxylic acids is 1. The first-order chi connectivity index (χ1) is 9.54. The van der Waals surface area contributed by atoms with Crippen LogP contribution in [-0.2, 0) is 0 Å². The van der Waals surface area contributed by atoms with E-state index in [-0.39, 0.29) is 10.7 Å². The maximum Gasteiger partial charge on any atom is 0.257 e. The van der Waals surface area contributed by atoms with Gasteiger partial charge in [-0.25, -0.2) is 9.37 Å². The highest BCUT2D eigenvalue weighted by Gasteiger charge is 2.08. The van der Waals surface area contributed by atoms with Gasteiger partial charge >= 0.3 is 0 Å². The van der Waals surface area contributed by atoms with Crippen molar-refractivity contribution in [2.75, 3.05) is 5.32 Å². The number of anilines is 1. The quantitative estimate of drug-likeness (QED) is 0.837. The maximum absolute atomic E-state index is 13.0. The summed E-state index contributed by atoms with van der Waals surface area (Å²) < 4.78 is 13.0. The lowest BCUT2D eigenvalue weighted by Crippen LogP contribution is -2.34. The molecule has 2 aromatic rings. The molecule has 2 N–H and O–H groups in total. The lowest BCUT2D eigenvalue weighted by Gasteiger charge is -2.08. The molecule has 0 saturated carbocycles. The Morgan fingerprint density at radius 3 is 2.75 bits per heavy atom. The molecule has 4 nitrogen and oxygen atoms in total. The maximum atomic E-state index is 13.0. The summed E-state index contributed by atoms with van der Waals surface area (Å²) in [5.41, 5.74) is 0.179. The molecule has 1 aromatic carbocycles. The number of pyridine rings is 1. The number of rotatable bonds is 2. The Balaban J connectivity index is 1.97. The summed E-state index contributed by atoms with van der Waals surface area (Å²) in [6.07, 6.45) is 1.45. The summed E-state index contributed by atoms with van der Waals surface area (Å²) in [6.45, 7) is 0. The third-order valence-electron chi connectivity index (χ3n) is 2.28. The van der Waals surface area contributed by atoms with E-state index in [0.29, 0.717) is 10.8 Å². The van der Waals surface area contributed by atoms with Crippen LogP contribution in [0, 0.1) is 5.82 Å². The van der Waals surface area contributed by atoms with Crippen LogP contribution in [0.5, 0.6) is 0 Å². The molecule has 7 heteroatoms. The van der Waals surface area contributed by atoms with Gasteiger partial charge in [-0.05, 0) is 42.5 Å². The van der Waals surface area contributed by atoms with Crippen molar-refractivity contribution < 1.29 is 9.18 Å². The monoisotopic (exact) mass is 309 g/mol. The number of benzene rings is 1. The standard InChI is InChI=1S/C13H9ClFN3OS/c14-9-4-5-11(16-7-9)17-13(20)18-12(19)8-2-1-3-10(15)6-8/h1-7H,(H2,16,17,18,19,20). The average Bonchev–Trinajstić information content (AvgIpc) is 2.41. The molecule has 2 rings (SSSR count). The van der Waals surface area contributed by atoms with E-state index >= 15 is 0 Å². The summed E-state index contributed by atoms with van der Waals surface area (Å²) in [5, 5.41) is 5.70. The van der Waals surface area contributed by atoms with Gasteiger partial charge in [0.05, 0.1) is 5.02 Å². The molecule has 0 aliphatic heterocycles. The lowest BCUT2D eigenvalue weighted by molar-refractivity contribution is 0.0977. The fraction of sp³-hybridized carbons (Fsp3) is 0. The van der Waals surface area contributed by atoms with Crippen molar-refractivity contribution >= 4 is 40.7 Å². The van der Waals surface area contributed by atoms with Crippen LogP contribution >= 0.6 is 23.8 Å². The molecular formula is C13H9ClFN3OS. The SMILES string of the molecule is O=C(NC(=S)Nc1ccc(Cl)cn1)c1cccc(F)c1. The zero-order valence-electron chi connectivity index (χ0n) is 10.1. The fourth-order valence-electron chi connectivity index (χ4n) is 1.40. The molecule has 0 bridgehead atoms. The molecule has 1 aromatic heterocycles. The Labute approximate surface area is 125 Å². The molecule has 20 heavy (non-hydrogen) atoms. The summed E-state index contributed by atoms with van der Waals surface area (Å²) in [4.78, 5) is 15.8. The first-order valence-corrected chi connectivity index (χ1v) is 6.32. The van der Waals surface area contributed by atoms with Crippen molar-refractivity contribution in [3.63, 3.8) is 0 Å². The average molecular weight is 310 g/mol. The zero-order chi connectivity index (χ0) is 14.5. The summed E-state index contributed by atoms with van der Waals surface area (Å²) in [6, 6.07) is 8.56. The second-order valence-corrected chi connectivity index (χ2v) is 4.62. The van der Waals surface area contributed by atoms with Gasteiger partial charge in [0, 0.05) is 11.8 Å². The third-order valence-corrected chi connectivity index (χ3v) is 2.71. The van der Waals surface area contributed by atoms with E-state index in [0.717, 1.165) is 6.07 Å². The van der Waals surface area contributed by atoms with E-state index in [4.69, 9.17) is 23.8 Å². The molecule has 0 unspecified atom stereocenters. The molecule has 0 aliphatic carbocycles. The summed E-state index contributed by atoms with van der Waals surface area (Å²) in [5.74, 6) is -0.550. The molecule has 1 amide bonds. The number of amides is 1. The van der Waals surface area contributed by atoms with Crippen LogP contribution < -0.4 is 10.6 Å². The van der Waals surface area contributed by atoms with Gasteiger partial charge in [0.1, 0.15) is 11.6 Å². The van der Waals surface area contributed by atoms with Gasteiger partial charge in [-0.2, -0.15) is 0 Å². The number of halogens is 2. The van der Waals surface area contributed by atoms with E-state index in [1.54, 1.807) is 12.1 Å². The molecule has 0 aliphatic rings. The Kier molecular flexibility index (Phi) is 4.60. The van der Waals surface area contributed by atoms with Crippen LogP contribution in [0.1, 0.15) is 10.4 Å². The summed E-state index contributed by atoms with van der Waals surface area (Å²) in [7, 11) is 0. The van der Waals surface area contributed by atoms with Crippen LogP contribution in [-0.4, -0.2) is 16.0 Å². The van der Waals surface area contributed by atoms with Gasteiger partial charge in [0.2, 0.25) is 0 Å². The van der Waals surface area contributed by atoms with Crippen molar-refractivity contribution in [3.8, 4) is 0 Å². The normalized spacial score (nSPS) is 9.90. The molecule has 1 heterocycles. The molecule has 0 radical (unpaired) electrons. The van der Waals surface area contributed by atoms with Crippen molar-refractivity contribution in [2.24, 2.45) is 0 Å². The van der Waals surface area contributed by atoms with E-state index in [1.807, 2.05) is 0 Å². The van der Waals surface area contributed by atoms with Crippen molar-refractivity contribution in [1.29, 1.82) is 0 Å². The van der Waals surface area contributed by atoms with E-state index in [9.17, 15) is 9.18 Å². The molecular weight excluding hydrogens is 301 g/mol. The van der Waals surface area contributed by atoms with Crippen LogP contribution in [0.4, 0.5) is 10.2 Å². The number of hydrogen-bond acceptors (Lipinski definition) is 3. The molecule has 0 spiro atoms. The Bertz CT molecular complexity index is 648. The van der Waals surface area contributed by atoms with Gasteiger partial charge in [-0.15, -0.1) is 0 Å². The number of hydrogen-bond donors (Lipinski definition) is 2. The second kappa shape index (κ2) is 6.40. The van der Waals surface area contributed by atoms with Gasteiger partial charge in [0.15, 0.2) is 5.11 Å². The Morgan fingerprint density at radius 2 is 2.10 bits per heavy atom. The first kappa shape index (κ1) is 14.4. The topological polar surface area (TPSA) is 54.0 Å². The number of carbonyl (C=O) groups is 1. The van der Waals surface area contributed by atoms with Gasteiger partial charge in [-0.1, -0.05) is 17.7 Å². The number of aromatic nitrogens is 1. The van der Waals surface area contributed by atoms with Crippen LogP contribution in [0.3, 0.4) is 0 Å². The predicted octanol–water partition coefficient (Wildman–Crippen LogP) is 3.00. The van der Waals surface area contributed by atoms with E-state index in [1.165, 1.54) is 24.4 Å². The smallest absolute Gasteiger partial charge is 0.257 e. The highest BCUT2D eigenvalue weighted by atomic mass is 35.5. The Hall–Kier alpha value is -2.05. The van der Waals surface area contributed by atoms with E-state index in [2.05, 4.69) is 15.6 Å². The van der Waals surface area contributed by atoms with Gasteiger partial charge < -0.3 is 5.32 Å². The minimum Gasteiger partial charge on any atom is -0.317 e. The highest BCUT2D eigenvalue weighted by molar-refractivity contribution is 7.80. The van der Waals surface area contributed by atoms with Crippen LogP contribution in [0.15, 0.2) is 42.6 Å². The predicted molar refractivity (Wildman–Crippen MR) is 79.3 cm³/mol. The minimum atomic E-state index is -0.504. The highest BCUT2D eigenvalue weighted by Crippen LogP contribution is 2.09. The molecule has 102 valence electrons. The van der Waals surface area contributed by atoms with Gasteiger partial charge in [0.25, 0.3) is 5.91 Å². The third kappa shape index (κ3) is 3.97. The van der Waals surface area contributed by atoms with Crippen LogP contribution in [0.2, 0.25) is 5.02 Å². The Morgan fingerprint density at radius 1 is 1.30 bits per heavy atom. The number of thiocarbonyl (C=S) groups is 1. The largest absolute Gasteiger partial charge is 0.317 e. The van der Waals surface area contributed by atoms with Gasteiger partial charge in [-0.3, -0.25) is 10.1 Å². The first-order valence-electron chi connectivity index (χ1n) is 5.54. The minimum absolute atomic E-state index is 0.0640. The fourth-order valence-corrected chi connectivity index (χ4v) is 1.71. The molecule has 0 saturated heterocycles. The molecule has 0 fully saturated rings. The van der Waals surface area contributed by atoms with Crippen molar-refractivity contribution in [1.82, 2.24) is 10.3 Å². The number of nitrogens with one attached hydrogen (secondary N) is 2. The molecule has 0 atom stereocenters. The zero-order valence-corrected chi connectivity index (χ0v) is 11.6. The summed E-state index contributed by atoms with van der Waals surface area (Å²) >= 11 is 10.7. The second-order valence-electron chi connectivity index (χ2n) is 3.78. The number of nitrogens with zero attached hydrogens (tertiary/aromatic N) is 1. The van der Waals surface area contributed by atoms with Crippen LogP contribution in [0.25, 0.3) is 0 Å². The van der Waals surface area contributed by atoms with Crippen molar-refractivity contribution in [2.45, 2.75) is 0 Å². The van der Waals surface area contributed by atoms with E-state index < -0.39 is 11.7 Å². The lowest BCUT2D eigenvalue weighted by atomic mass is 10.2.